The van der Waals surface area contributed by atoms with Crippen LogP contribution < -0.4 is 20.1 Å². The summed E-state index contributed by atoms with van der Waals surface area (Å²) in [6, 6.07) is 7.96. The first kappa shape index (κ1) is 22.3. The Balaban J connectivity index is 2.42. The van der Waals surface area contributed by atoms with E-state index >= 15 is 0 Å². The number of anilines is 1. The molecule has 0 saturated heterocycles. The fraction of sp³-hybridized carbons (Fsp3) is 0.273. The van der Waals surface area contributed by atoms with E-state index in [1.807, 2.05) is 13.8 Å². The number of carbonyl (C=O) groups excluding carboxylic acids is 2. The number of rotatable bonds is 8. The van der Waals surface area contributed by atoms with Crippen LogP contribution in [0.5, 0.6) is 11.5 Å². The number of benzene rings is 2. The topological polar surface area (TPSA) is 76.7 Å². The van der Waals surface area contributed by atoms with Crippen molar-refractivity contribution in [3.63, 3.8) is 0 Å². The first-order valence-corrected chi connectivity index (χ1v) is 9.46. The Hall–Kier alpha value is -2.99. The summed E-state index contributed by atoms with van der Waals surface area (Å²) in [5, 5.41) is 5.99. The molecule has 7 heteroatoms. The molecule has 29 heavy (non-hydrogen) atoms. The van der Waals surface area contributed by atoms with Crippen molar-refractivity contribution >= 4 is 29.1 Å². The average molecular weight is 417 g/mol. The molecule has 0 fully saturated rings. The lowest BCUT2D eigenvalue weighted by Crippen LogP contribution is -2.31. The normalized spacial score (nSPS) is 10.4. The minimum Gasteiger partial charge on any atom is -0.493 e. The quantitative estimate of drug-likeness (QED) is 0.622. The van der Waals surface area contributed by atoms with E-state index in [1.54, 1.807) is 36.4 Å². The van der Waals surface area contributed by atoms with Crippen LogP contribution in [0, 0.1) is 0 Å². The second-order valence-corrected chi connectivity index (χ2v) is 7.07. The lowest BCUT2D eigenvalue weighted by Gasteiger charge is -2.16. The van der Waals surface area contributed by atoms with Crippen LogP contribution in [0.1, 0.15) is 40.1 Å². The van der Waals surface area contributed by atoms with Crippen molar-refractivity contribution in [1.82, 2.24) is 5.32 Å². The number of methoxy groups -OCH3 is 2. The largest absolute Gasteiger partial charge is 0.493 e. The van der Waals surface area contributed by atoms with Crippen LogP contribution in [0.3, 0.4) is 0 Å². The monoisotopic (exact) mass is 416 g/mol. The average Bonchev–Trinajstić information content (AvgIpc) is 2.66. The molecule has 6 nitrogen and oxygen atoms in total. The van der Waals surface area contributed by atoms with Crippen molar-refractivity contribution in [3.8, 4) is 11.5 Å². The summed E-state index contributed by atoms with van der Waals surface area (Å²) in [7, 11) is 3.04. The van der Waals surface area contributed by atoms with Gasteiger partial charge in [-0.05, 0) is 50.6 Å². The zero-order valence-electron chi connectivity index (χ0n) is 17.0. The van der Waals surface area contributed by atoms with Gasteiger partial charge >= 0.3 is 0 Å². The van der Waals surface area contributed by atoms with Crippen LogP contribution in [0.15, 0.2) is 43.0 Å². The number of carbonyl (C=O) groups is 2. The number of allylic oxidation sites excluding steroid dienone is 1. The highest BCUT2D eigenvalue weighted by molar-refractivity contribution is 6.31. The van der Waals surface area contributed by atoms with Crippen LogP contribution in [0.4, 0.5) is 5.69 Å². The summed E-state index contributed by atoms with van der Waals surface area (Å²) in [6.07, 6.45) is 2.21. The molecule has 0 bridgehead atoms. The summed E-state index contributed by atoms with van der Waals surface area (Å²) >= 11 is 6.08. The Bertz CT molecular complexity index is 925. The van der Waals surface area contributed by atoms with Crippen molar-refractivity contribution in [2.45, 2.75) is 26.3 Å². The summed E-state index contributed by atoms with van der Waals surface area (Å²) in [5.74, 6) is 0.272. The molecular weight excluding hydrogens is 392 g/mol. The molecule has 154 valence electrons. The van der Waals surface area contributed by atoms with Crippen molar-refractivity contribution in [2.75, 3.05) is 19.5 Å². The molecule has 2 aromatic carbocycles. The number of hydrogen-bond donors (Lipinski definition) is 2. The first-order valence-electron chi connectivity index (χ1n) is 9.08. The summed E-state index contributed by atoms with van der Waals surface area (Å²) in [4.78, 5) is 25.4. The van der Waals surface area contributed by atoms with E-state index < -0.39 is 5.91 Å². The highest BCUT2D eigenvalue weighted by atomic mass is 35.5. The van der Waals surface area contributed by atoms with Crippen LogP contribution >= 0.6 is 11.6 Å². The zero-order valence-corrected chi connectivity index (χ0v) is 17.7. The highest BCUT2D eigenvalue weighted by Gasteiger charge is 2.19. The number of ether oxygens (including phenoxy) is 2. The van der Waals surface area contributed by atoms with Crippen molar-refractivity contribution in [3.05, 3.63) is 64.7 Å². The lowest BCUT2D eigenvalue weighted by atomic mass is 10.0. The number of hydrogen-bond acceptors (Lipinski definition) is 4. The molecule has 0 radical (unpaired) electrons. The fourth-order valence-corrected chi connectivity index (χ4v) is 3.01. The summed E-state index contributed by atoms with van der Waals surface area (Å²) in [5.41, 5.74) is 1.76. The van der Waals surface area contributed by atoms with Gasteiger partial charge in [0, 0.05) is 22.2 Å². The lowest BCUT2D eigenvalue weighted by molar-refractivity contribution is 0.0944. The predicted octanol–water partition coefficient (Wildman–Crippen LogP) is 4.48. The maximum atomic E-state index is 12.9. The van der Waals surface area contributed by atoms with Gasteiger partial charge in [0.15, 0.2) is 11.5 Å². The summed E-state index contributed by atoms with van der Waals surface area (Å²) < 4.78 is 10.8. The van der Waals surface area contributed by atoms with Gasteiger partial charge in [0.2, 0.25) is 0 Å². The minimum absolute atomic E-state index is 0.0472. The summed E-state index contributed by atoms with van der Waals surface area (Å²) in [6.45, 7) is 7.45. The molecule has 0 aliphatic carbocycles. The van der Waals surface area contributed by atoms with Gasteiger partial charge in [0.05, 0.1) is 25.5 Å². The molecule has 2 rings (SSSR count). The Morgan fingerprint density at radius 1 is 1.14 bits per heavy atom. The Morgan fingerprint density at radius 3 is 2.45 bits per heavy atom. The van der Waals surface area contributed by atoms with Crippen LogP contribution in [-0.2, 0) is 6.42 Å². The van der Waals surface area contributed by atoms with Gasteiger partial charge in [-0.15, -0.1) is 6.58 Å². The zero-order chi connectivity index (χ0) is 21.6. The molecule has 0 spiro atoms. The molecule has 0 saturated carbocycles. The molecule has 0 aliphatic heterocycles. The third-order valence-electron chi connectivity index (χ3n) is 4.08. The van der Waals surface area contributed by atoms with Crippen LogP contribution in [-0.4, -0.2) is 32.1 Å². The highest BCUT2D eigenvalue weighted by Crippen LogP contribution is 2.33. The van der Waals surface area contributed by atoms with E-state index in [2.05, 4.69) is 17.2 Å². The second kappa shape index (κ2) is 9.98. The predicted molar refractivity (Wildman–Crippen MR) is 115 cm³/mol. The maximum absolute atomic E-state index is 12.9. The Labute approximate surface area is 175 Å². The third kappa shape index (κ3) is 5.51. The van der Waals surface area contributed by atoms with E-state index in [4.69, 9.17) is 21.1 Å². The van der Waals surface area contributed by atoms with Gasteiger partial charge in [0.25, 0.3) is 11.8 Å². The number of amides is 2. The molecule has 2 aromatic rings. The smallest absolute Gasteiger partial charge is 0.255 e. The molecular formula is C22H25ClN2O4. The van der Waals surface area contributed by atoms with E-state index in [-0.39, 0.29) is 11.9 Å². The molecule has 0 aromatic heterocycles. The van der Waals surface area contributed by atoms with E-state index in [9.17, 15) is 9.59 Å². The number of halogens is 1. The van der Waals surface area contributed by atoms with Gasteiger partial charge in [0.1, 0.15) is 0 Å². The molecule has 2 amide bonds. The van der Waals surface area contributed by atoms with Gasteiger partial charge in [-0.1, -0.05) is 17.7 Å². The molecule has 0 atom stereocenters. The van der Waals surface area contributed by atoms with Crippen molar-refractivity contribution in [1.29, 1.82) is 0 Å². The standard InChI is InChI=1S/C22H25ClN2O4/c1-6-7-14-10-15(11-19(28-4)20(14)29-5)21(26)25-18-12-16(23)8-9-17(18)22(27)24-13(2)3/h6,8-13H,1,7H2,2-5H3,(H,24,27)(H,25,26). The maximum Gasteiger partial charge on any atom is 0.255 e. The van der Waals surface area contributed by atoms with Crippen molar-refractivity contribution in [2.24, 2.45) is 0 Å². The van der Waals surface area contributed by atoms with Gasteiger partial charge in [-0.3, -0.25) is 9.59 Å². The van der Waals surface area contributed by atoms with Gasteiger partial charge < -0.3 is 20.1 Å². The van der Waals surface area contributed by atoms with Crippen molar-refractivity contribution < 1.29 is 19.1 Å². The van der Waals surface area contributed by atoms with E-state index in [0.29, 0.717) is 39.8 Å². The SMILES string of the molecule is C=CCc1cc(C(=O)Nc2cc(Cl)ccc2C(=O)NC(C)C)cc(OC)c1OC. The third-order valence-corrected chi connectivity index (χ3v) is 4.31. The van der Waals surface area contributed by atoms with E-state index in [0.717, 1.165) is 5.56 Å². The Kier molecular flexibility index (Phi) is 7.67. The van der Waals surface area contributed by atoms with Gasteiger partial charge in [-0.2, -0.15) is 0 Å². The van der Waals surface area contributed by atoms with E-state index in [1.165, 1.54) is 14.2 Å². The molecule has 0 heterocycles. The van der Waals surface area contributed by atoms with Gasteiger partial charge in [-0.25, -0.2) is 0 Å². The molecule has 0 unspecified atom stereocenters. The Morgan fingerprint density at radius 2 is 1.86 bits per heavy atom. The second-order valence-electron chi connectivity index (χ2n) is 6.64. The molecule has 0 aliphatic rings. The molecule has 2 N–H and O–H groups in total. The number of nitrogens with one attached hydrogen (secondary N) is 2. The van der Waals surface area contributed by atoms with Crippen LogP contribution in [0.2, 0.25) is 5.02 Å². The van der Waals surface area contributed by atoms with Crippen LogP contribution in [0.25, 0.3) is 0 Å². The first-order chi connectivity index (χ1) is 13.8. The minimum atomic E-state index is -0.405. The fourth-order valence-electron chi connectivity index (χ4n) is 2.83.